The van der Waals surface area contributed by atoms with Gasteiger partial charge in [0.05, 0.1) is 0 Å². The number of rotatable bonds is 10. The Hall–Kier alpha value is -3.59. The third kappa shape index (κ3) is 10.1. The van der Waals surface area contributed by atoms with E-state index in [4.69, 9.17) is 10.5 Å². The number of nitrogens with two attached hydrogens (primary N) is 1. The number of ether oxygens (including phenoxy) is 1. The molecular weight excluding hydrogens is 472 g/mol. The number of hydrogen-bond donors (Lipinski definition) is 5. The second-order valence-corrected chi connectivity index (χ2v) is 10.4. The Morgan fingerprint density at radius 3 is 2.14 bits per heavy atom. The van der Waals surface area contributed by atoms with Gasteiger partial charge in [-0.3, -0.25) is 9.59 Å². The summed E-state index contributed by atoms with van der Waals surface area (Å²) in [4.78, 5) is 38.3. The van der Waals surface area contributed by atoms with Crippen molar-refractivity contribution in [3.05, 3.63) is 64.7 Å². The molecule has 0 saturated heterocycles. The lowest BCUT2D eigenvalue weighted by molar-refractivity contribution is -0.129. The molecule has 0 heterocycles. The van der Waals surface area contributed by atoms with Gasteiger partial charge in [0.1, 0.15) is 23.4 Å². The van der Waals surface area contributed by atoms with Gasteiger partial charge in [-0.2, -0.15) is 0 Å². The lowest BCUT2D eigenvalue weighted by atomic mass is 9.95. The minimum absolute atomic E-state index is 0.121. The molecule has 0 spiro atoms. The van der Waals surface area contributed by atoms with E-state index in [1.807, 2.05) is 44.2 Å². The fraction of sp³-hybridized carbons (Fsp3) is 0.464. The SMILES string of the molecule is Cc1cc(O)cc(C)c1C[C@H](NC(=O)OC(C)(C)C)C(=O)NC(C)C(=O)NCC(N)Cc1ccccc1. The number of phenols is 1. The number of amides is 3. The molecule has 3 amide bonds. The molecule has 2 aromatic carbocycles. The molecule has 37 heavy (non-hydrogen) atoms. The second kappa shape index (κ2) is 13.1. The Bertz CT molecular complexity index is 1060. The highest BCUT2D eigenvalue weighted by Gasteiger charge is 2.28. The van der Waals surface area contributed by atoms with Crippen molar-refractivity contribution in [2.75, 3.05) is 6.54 Å². The van der Waals surface area contributed by atoms with Gasteiger partial charge in [-0.05, 0) is 82.3 Å². The smallest absolute Gasteiger partial charge is 0.408 e. The number of nitrogens with one attached hydrogen (secondary N) is 3. The van der Waals surface area contributed by atoms with Gasteiger partial charge in [-0.1, -0.05) is 30.3 Å². The van der Waals surface area contributed by atoms with E-state index in [0.29, 0.717) is 6.42 Å². The highest BCUT2D eigenvalue weighted by molar-refractivity contribution is 5.91. The molecule has 0 aromatic heterocycles. The molecule has 0 aliphatic carbocycles. The van der Waals surface area contributed by atoms with E-state index in [2.05, 4.69) is 16.0 Å². The Kier molecular flexibility index (Phi) is 10.5. The number of alkyl carbamates (subject to hydrolysis) is 1. The van der Waals surface area contributed by atoms with Crippen LogP contribution in [0.5, 0.6) is 5.75 Å². The normalized spacial score (nSPS) is 13.7. The van der Waals surface area contributed by atoms with Gasteiger partial charge >= 0.3 is 6.09 Å². The molecule has 9 heteroatoms. The molecule has 3 atom stereocenters. The number of aromatic hydroxyl groups is 1. The van der Waals surface area contributed by atoms with E-state index in [0.717, 1.165) is 22.3 Å². The van der Waals surface area contributed by atoms with Crippen molar-refractivity contribution in [2.45, 2.75) is 78.1 Å². The summed E-state index contributed by atoms with van der Waals surface area (Å²) in [5.41, 5.74) is 8.83. The number of carbonyl (C=O) groups excluding carboxylic acids is 3. The summed E-state index contributed by atoms with van der Waals surface area (Å²) < 4.78 is 5.34. The van der Waals surface area contributed by atoms with Crippen LogP contribution in [-0.4, -0.2) is 53.3 Å². The van der Waals surface area contributed by atoms with Crippen LogP contribution in [0.1, 0.15) is 49.9 Å². The lowest BCUT2D eigenvalue weighted by Crippen LogP contribution is -2.54. The molecule has 0 radical (unpaired) electrons. The maximum Gasteiger partial charge on any atom is 0.408 e. The van der Waals surface area contributed by atoms with Crippen molar-refractivity contribution >= 4 is 17.9 Å². The van der Waals surface area contributed by atoms with Crippen LogP contribution in [0, 0.1) is 13.8 Å². The van der Waals surface area contributed by atoms with E-state index in [1.54, 1.807) is 39.8 Å². The Balaban J connectivity index is 2.05. The second-order valence-electron chi connectivity index (χ2n) is 10.4. The predicted octanol–water partition coefficient (Wildman–Crippen LogP) is 2.64. The number of carbonyl (C=O) groups is 3. The topological polar surface area (TPSA) is 143 Å². The Morgan fingerprint density at radius 2 is 1.57 bits per heavy atom. The summed E-state index contributed by atoms with van der Waals surface area (Å²) in [5, 5.41) is 17.9. The molecule has 6 N–H and O–H groups in total. The summed E-state index contributed by atoms with van der Waals surface area (Å²) in [6.07, 6.45) is 0.0136. The number of benzene rings is 2. The first-order chi connectivity index (χ1) is 17.2. The van der Waals surface area contributed by atoms with Crippen LogP contribution in [0.2, 0.25) is 0 Å². The van der Waals surface area contributed by atoms with Crippen molar-refractivity contribution in [2.24, 2.45) is 5.73 Å². The summed E-state index contributed by atoms with van der Waals surface area (Å²) in [6, 6.07) is 10.8. The van der Waals surface area contributed by atoms with Crippen LogP contribution in [0.3, 0.4) is 0 Å². The van der Waals surface area contributed by atoms with E-state index in [-0.39, 0.29) is 30.7 Å². The molecule has 2 rings (SSSR count). The van der Waals surface area contributed by atoms with Crippen LogP contribution in [-0.2, 0) is 27.2 Å². The van der Waals surface area contributed by atoms with E-state index in [9.17, 15) is 19.5 Å². The van der Waals surface area contributed by atoms with Gasteiger partial charge in [-0.15, -0.1) is 0 Å². The maximum atomic E-state index is 13.2. The number of aryl methyl sites for hydroxylation is 2. The monoisotopic (exact) mass is 512 g/mol. The molecule has 0 fully saturated rings. The van der Waals surface area contributed by atoms with Crippen LogP contribution < -0.4 is 21.7 Å². The zero-order valence-electron chi connectivity index (χ0n) is 22.6. The van der Waals surface area contributed by atoms with Crippen LogP contribution in [0.4, 0.5) is 4.79 Å². The summed E-state index contributed by atoms with van der Waals surface area (Å²) in [7, 11) is 0. The fourth-order valence-corrected chi connectivity index (χ4v) is 3.91. The van der Waals surface area contributed by atoms with E-state index < -0.39 is 29.7 Å². The molecule has 9 nitrogen and oxygen atoms in total. The average molecular weight is 513 g/mol. The van der Waals surface area contributed by atoms with Gasteiger partial charge < -0.3 is 31.5 Å². The molecule has 2 aromatic rings. The summed E-state index contributed by atoms with van der Waals surface area (Å²) in [5.74, 6) is -0.797. The van der Waals surface area contributed by atoms with Gasteiger partial charge in [-0.25, -0.2) is 4.79 Å². The van der Waals surface area contributed by atoms with E-state index in [1.165, 1.54) is 0 Å². The molecular formula is C28H40N4O5. The van der Waals surface area contributed by atoms with Crippen molar-refractivity contribution < 1.29 is 24.2 Å². The Morgan fingerprint density at radius 1 is 0.973 bits per heavy atom. The molecule has 202 valence electrons. The first-order valence-electron chi connectivity index (χ1n) is 12.4. The van der Waals surface area contributed by atoms with Gasteiger partial charge in [0.2, 0.25) is 11.8 Å². The molecule has 0 aliphatic heterocycles. The van der Waals surface area contributed by atoms with Crippen LogP contribution >= 0.6 is 0 Å². The Labute approximate surface area is 219 Å². The number of hydrogen-bond acceptors (Lipinski definition) is 6. The van der Waals surface area contributed by atoms with Crippen molar-refractivity contribution in [1.29, 1.82) is 0 Å². The fourth-order valence-electron chi connectivity index (χ4n) is 3.91. The number of phenolic OH excluding ortho intramolecular Hbond substituents is 1. The highest BCUT2D eigenvalue weighted by Crippen LogP contribution is 2.22. The molecule has 0 saturated carbocycles. The first-order valence-corrected chi connectivity index (χ1v) is 12.4. The average Bonchev–Trinajstić information content (AvgIpc) is 2.78. The molecule has 0 aliphatic rings. The van der Waals surface area contributed by atoms with Crippen molar-refractivity contribution in [3.63, 3.8) is 0 Å². The van der Waals surface area contributed by atoms with Crippen LogP contribution in [0.25, 0.3) is 0 Å². The minimum Gasteiger partial charge on any atom is -0.508 e. The third-order valence-electron chi connectivity index (χ3n) is 5.73. The third-order valence-corrected chi connectivity index (χ3v) is 5.73. The van der Waals surface area contributed by atoms with Gasteiger partial charge in [0, 0.05) is 19.0 Å². The standard InChI is InChI=1S/C28H40N4O5/c1-17-12-22(33)13-18(2)23(17)15-24(32-27(36)37-28(4,5)6)26(35)31-19(3)25(34)30-16-21(29)14-20-10-8-7-9-11-20/h7-13,19,21,24,33H,14-16,29H2,1-6H3,(H,30,34)(H,31,35)(H,32,36)/t19?,21?,24-/m0/s1. The van der Waals surface area contributed by atoms with Crippen LogP contribution in [0.15, 0.2) is 42.5 Å². The molecule has 0 bridgehead atoms. The minimum atomic E-state index is -1.01. The maximum absolute atomic E-state index is 13.2. The quantitative estimate of drug-likeness (QED) is 0.331. The van der Waals surface area contributed by atoms with Crippen molar-refractivity contribution in [3.8, 4) is 5.75 Å². The summed E-state index contributed by atoms with van der Waals surface area (Å²) >= 11 is 0. The predicted molar refractivity (Wildman–Crippen MR) is 143 cm³/mol. The van der Waals surface area contributed by atoms with Gasteiger partial charge in [0.15, 0.2) is 0 Å². The lowest BCUT2D eigenvalue weighted by Gasteiger charge is -2.25. The largest absolute Gasteiger partial charge is 0.508 e. The van der Waals surface area contributed by atoms with E-state index >= 15 is 0 Å². The van der Waals surface area contributed by atoms with Crippen molar-refractivity contribution in [1.82, 2.24) is 16.0 Å². The summed E-state index contributed by atoms with van der Waals surface area (Å²) in [6.45, 7) is 10.6. The van der Waals surface area contributed by atoms with Gasteiger partial charge in [0.25, 0.3) is 0 Å². The zero-order valence-corrected chi connectivity index (χ0v) is 22.6. The molecule has 2 unspecified atom stereocenters. The first kappa shape index (κ1) is 29.6. The zero-order chi connectivity index (χ0) is 27.8. The highest BCUT2D eigenvalue weighted by atomic mass is 16.6.